The van der Waals surface area contributed by atoms with Crippen LogP contribution in [0.1, 0.15) is 84.6 Å². The number of benzene rings is 1. The van der Waals surface area contributed by atoms with Crippen LogP contribution in [0.25, 0.3) is 0 Å². The summed E-state index contributed by atoms with van der Waals surface area (Å²) >= 11 is 1.50. The third kappa shape index (κ3) is 4.20. The predicted octanol–water partition coefficient (Wildman–Crippen LogP) is 6.38. The van der Waals surface area contributed by atoms with Crippen LogP contribution in [-0.2, 0) is 32.6 Å². The monoisotopic (exact) mass is 516 g/mol. The first kappa shape index (κ1) is 24.7. The number of amides is 1. The maximum atomic E-state index is 13.6. The summed E-state index contributed by atoms with van der Waals surface area (Å²) in [5, 5.41) is 13.2. The van der Waals surface area contributed by atoms with E-state index in [1.807, 2.05) is 0 Å². The second-order valence-corrected chi connectivity index (χ2v) is 13.7. The van der Waals surface area contributed by atoms with E-state index in [9.17, 15) is 14.9 Å². The normalized spacial score (nSPS) is 31.5. The number of nitrogens with one attached hydrogen (secondary N) is 1. The first-order valence-electron chi connectivity index (χ1n) is 13.8. The molecule has 6 heteroatoms. The number of esters is 1. The van der Waals surface area contributed by atoms with Gasteiger partial charge in [0.2, 0.25) is 0 Å². The fraction of sp³-hybridized carbons (Fsp3) is 0.581. The highest BCUT2D eigenvalue weighted by atomic mass is 32.1. The Balaban J connectivity index is 1.16. The summed E-state index contributed by atoms with van der Waals surface area (Å²) in [5.74, 6) is 1.12. The standard InChI is InChI=1S/C31H36N2O3S/c1-18-4-7-24-25(15-32)28(37-26(24)8-18)33-27(34)16-36-29(35)31-13-21-10-22(14-31)12-30(11-21,17-31)23-6-5-19(2)20(3)9-23/h5-6,9,18,21-22H,4,7-8,10-14,16-17H2,1-3H3,(H,33,34)/t18-,21+,22+,30?,31?/m1/s1. The van der Waals surface area contributed by atoms with Crippen LogP contribution >= 0.6 is 11.3 Å². The van der Waals surface area contributed by atoms with Gasteiger partial charge in [0.15, 0.2) is 6.61 Å². The van der Waals surface area contributed by atoms with Crippen molar-refractivity contribution in [1.82, 2.24) is 0 Å². The number of nitriles is 1. The van der Waals surface area contributed by atoms with Crippen molar-refractivity contribution in [3.63, 3.8) is 0 Å². The quantitative estimate of drug-likeness (QED) is 0.468. The Morgan fingerprint density at radius 2 is 1.92 bits per heavy atom. The molecule has 0 radical (unpaired) electrons. The molecule has 0 spiro atoms. The molecule has 5 aliphatic rings. The van der Waals surface area contributed by atoms with E-state index in [0.29, 0.717) is 28.3 Å². The molecule has 5 aliphatic carbocycles. The van der Waals surface area contributed by atoms with Gasteiger partial charge >= 0.3 is 5.97 Å². The molecule has 4 saturated carbocycles. The van der Waals surface area contributed by atoms with E-state index >= 15 is 0 Å². The van der Waals surface area contributed by atoms with Crippen LogP contribution in [0.15, 0.2) is 18.2 Å². The molecule has 5 nitrogen and oxygen atoms in total. The number of hydrogen-bond donors (Lipinski definition) is 1. The van der Waals surface area contributed by atoms with Gasteiger partial charge in [-0.15, -0.1) is 11.3 Å². The SMILES string of the molecule is Cc1ccc(C23C[C@@H]4C[C@H](CC(C(=O)OCC(=O)Nc5sc6c(c5C#N)CC[C@@H](C)C6)(C4)C2)C3)cc1C. The van der Waals surface area contributed by atoms with Crippen molar-refractivity contribution in [2.24, 2.45) is 23.2 Å². The largest absolute Gasteiger partial charge is 0.455 e. The minimum Gasteiger partial charge on any atom is -0.455 e. The first-order valence-corrected chi connectivity index (χ1v) is 14.6. The lowest BCUT2D eigenvalue weighted by Gasteiger charge is -2.61. The maximum absolute atomic E-state index is 13.6. The molecule has 4 bridgehead atoms. The van der Waals surface area contributed by atoms with E-state index in [2.05, 4.69) is 50.4 Å². The molecule has 3 atom stereocenters. The molecule has 1 amide bonds. The van der Waals surface area contributed by atoms with Crippen LogP contribution in [0.5, 0.6) is 0 Å². The zero-order valence-corrected chi connectivity index (χ0v) is 22.9. The van der Waals surface area contributed by atoms with Crippen LogP contribution in [0.2, 0.25) is 0 Å². The van der Waals surface area contributed by atoms with Crippen LogP contribution in [0.4, 0.5) is 5.00 Å². The van der Waals surface area contributed by atoms with Crippen molar-refractivity contribution in [3.05, 3.63) is 50.9 Å². The second-order valence-electron chi connectivity index (χ2n) is 12.6. The van der Waals surface area contributed by atoms with Gasteiger partial charge in [-0.25, -0.2) is 0 Å². The Morgan fingerprint density at radius 1 is 1.16 bits per heavy atom. The number of anilines is 1. The number of carbonyl (C=O) groups excluding carboxylic acids is 2. The van der Waals surface area contributed by atoms with E-state index in [4.69, 9.17) is 4.74 Å². The lowest BCUT2D eigenvalue weighted by Crippen LogP contribution is -2.57. The average Bonchev–Trinajstić information content (AvgIpc) is 3.19. The summed E-state index contributed by atoms with van der Waals surface area (Å²) in [6, 6.07) is 9.12. The minimum atomic E-state index is -0.487. The Labute approximate surface area is 223 Å². The summed E-state index contributed by atoms with van der Waals surface area (Å²) in [5.41, 5.74) is 5.21. The highest BCUT2D eigenvalue weighted by Crippen LogP contribution is 2.66. The van der Waals surface area contributed by atoms with Gasteiger partial charge in [0.1, 0.15) is 11.1 Å². The zero-order chi connectivity index (χ0) is 25.9. The molecule has 2 aromatic rings. The van der Waals surface area contributed by atoms with Gasteiger partial charge in [-0.2, -0.15) is 5.26 Å². The Hall–Kier alpha value is -2.65. The van der Waals surface area contributed by atoms with Gasteiger partial charge in [-0.1, -0.05) is 25.1 Å². The summed E-state index contributed by atoms with van der Waals surface area (Å²) in [6.07, 6.45) is 9.00. The predicted molar refractivity (Wildman–Crippen MR) is 145 cm³/mol. The molecule has 1 aromatic carbocycles. The smallest absolute Gasteiger partial charge is 0.312 e. The van der Waals surface area contributed by atoms with Crippen molar-refractivity contribution in [2.45, 2.75) is 84.0 Å². The van der Waals surface area contributed by atoms with Crippen LogP contribution in [-0.4, -0.2) is 18.5 Å². The summed E-state index contributed by atoms with van der Waals surface area (Å²) in [4.78, 5) is 27.7. The number of fused-ring (bicyclic) bond motifs is 1. The molecule has 7 rings (SSSR count). The van der Waals surface area contributed by atoms with E-state index in [1.54, 1.807) is 0 Å². The average molecular weight is 517 g/mol. The number of ether oxygens (including phenoxy) is 1. The van der Waals surface area contributed by atoms with Crippen LogP contribution in [0, 0.1) is 48.3 Å². The van der Waals surface area contributed by atoms with Crippen molar-refractivity contribution < 1.29 is 14.3 Å². The molecular weight excluding hydrogens is 480 g/mol. The first-order chi connectivity index (χ1) is 17.7. The van der Waals surface area contributed by atoms with E-state index in [1.165, 1.54) is 39.3 Å². The minimum absolute atomic E-state index is 0.0404. The van der Waals surface area contributed by atoms with Crippen molar-refractivity contribution in [3.8, 4) is 6.07 Å². The number of hydrogen-bond acceptors (Lipinski definition) is 5. The van der Waals surface area contributed by atoms with E-state index in [0.717, 1.165) is 56.9 Å². The molecule has 0 unspecified atom stereocenters. The molecule has 0 aliphatic heterocycles. The molecule has 37 heavy (non-hydrogen) atoms. The topological polar surface area (TPSA) is 79.2 Å². The van der Waals surface area contributed by atoms with Crippen molar-refractivity contribution in [1.29, 1.82) is 5.26 Å². The van der Waals surface area contributed by atoms with Crippen LogP contribution < -0.4 is 5.32 Å². The lowest BCUT2D eigenvalue weighted by atomic mass is 9.43. The van der Waals surface area contributed by atoms with E-state index < -0.39 is 5.41 Å². The zero-order valence-electron chi connectivity index (χ0n) is 22.1. The Bertz CT molecular complexity index is 1300. The van der Waals surface area contributed by atoms with Crippen LogP contribution in [0.3, 0.4) is 0 Å². The molecular formula is C31H36N2O3S. The lowest BCUT2D eigenvalue weighted by molar-refractivity contribution is -0.175. The molecule has 4 fully saturated rings. The highest BCUT2D eigenvalue weighted by Gasteiger charge is 2.61. The van der Waals surface area contributed by atoms with Gasteiger partial charge in [0, 0.05) is 4.88 Å². The van der Waals surface area contributed by atoms with E-state index in [-0.39, 0.29) is 23.9 Å². The molecule has 1 heterocycles. The molecule has 0 saturated heterocycles. The van der Waals surface area contributed by atoms with Crippen molar-refractivity contribution in [2.75, 3.05) is 11.9 Å². The summed E-state index contributed by atoms with van der Waals surface area (Å²) in [6.45, 7) is 6.25. The number of nitrogens with zero attached hydrogens (tertiary/aromatic N) is 1. The number of carbonyl (C=O) groups is 2. The molecule has 194 valence electrons. The van der Waals surface area contributed by atoms with Gasteiger partial charge in [-0.05, 0) is 117 Å². The molecule has 1 N–H and O–H groups in total. The Morgan fingerprint density at radius 3 is 2.62 bits per heavy atom. The number of thiophene rings is 1. The third-order valence-electron chi connectivity index (χ3n) is 9.82. The fourth-order valence-electron chi connectivity index (χ4n) is 8.31. The highest BCUT2D eigenvalue weighted by molar-refractivity contribution is 7.16. The van der Waals surface area contributed by atoms with Gasteiger partial charge in [0.25, 0.3) is 5.91 Å². The molecule has 1 aromatic heterocycles. The second kappa shape index (κ2) is 8.98. The Kier molecular flexibility index (Phi) is 5.99. The number of aryl methyl sites for hydroxylation is 2. The number of rotatable bonds is 5. The summed E-state index contributed by atoms with van der Waals surface area (Å²) in [7, 11) is 0. The van der Waals surface area contributed by atoms with Gasteiger partial charge < -0.3 is 10.1 Å². The fourth-order valence-corrected chi connectivity index (χ4v) is 9.69. The maximum Gasteiger partial charge on any atom is 0.312 e. The third-order valence-corrected chi connectivity index (χ3v) is 11.0. The van der Waals surface area contributed by atoms with Gasteiger partial charge in [0.05, 0.1) is 11.0 Å². The van der Waals surface area contributed by atoms with Gasteiger partial charge in [-0.3, -0.25) is 9.59 Å². The van der Waals surface area contributed by atoms with Crippen molar-refractivity contribution >= 4 is 28.2 Å². The summed E-state index contributed by atoms with van der Waals surface area (Å²) < 4.78 is 5.75.